The molecule has 1 aromatic carbocycles. The number of amides is 1. The van der Waals surface area contributed by atoms with Crippen LogP contribution in [-0.4, -0.2) is 45.7 Å². The third-order valence-corrected chi connectivity index (χ3v) is 5.66. The predicted octanol–water partition coefficient (Wildman–Crippen LogP) is 2.83. The van der Waals surface area contributed by atoms with Crippen molar-refractivity contribution < 1.29 is 4.79 Å². The van der Waals surface area contributed by atoms with E-state index in [2.05, 4.69) is 22.4 Å². The molecule has 3 aromatic rings. The van der Waals surface area contributed by atoms with E-state index in [1.807, 2.05) is 47.3 Å². The van der Waals surface area contributed by atoms with E-state index in [1.165, 1.54) is 22.6 Å². The van der Waals surface area contributed by atoms with E-state index in [9.17, 15) is 4.79 Å². The second-order valence-electron chi connectivity index (χ2n) is 6.34. The summed E-state index contributed by atoms with van der Waals surface area (Å²) in [5.74, 6) is 0.00442. The number of aromatic nitrogens is 3. The summed E-state index contributed by atoms with van der Waals surface area (Å²) in [6.45, 7) is 1.37. The molecule has 0 atom stereocenters. The fourth-order valence-corrected chi connectivity index (χ4v) is 4.10. The molecular weight excluding hydrogens is 346 g/mol. The first kappa shape index (κ1) is 16.8. The van der Waals surface area contributed by atoms with E-state index in [1.54, 1.807) is 0 Å². The zero-order valence-electron chi connectivity index (χ0n) is 14.9. The molecule has 0 bridgehead atoms. The summed E-state index contributed by atoms with van der Waals surface area (Å²) < 4.78 is 1.97. The summed E-state index contributed by atoms with van der Waals surface area (Å²) in [5, 5.41) is 10.3. The number of aryl methyl sites for hydroxylation is 1. The normalized spacial score (nSPS) is 14.0. The first-order valence-corrected chi connectivity index (χ1v) is 9.58. The molecule has 0 spiro atoms. The molecular formula is C19H21N5OS. The fourth-order valence-electron chi connectivity index (χ4n) is 3.46. The summed E-state index contributed by atoms with van der Waals surface area (Å²) in [5.41, 5.74) is 5.15. The number of hydrogen-bond donors (Lipinski definition) is 1. The highest BCUT2D eigenvalue weighted by molar-refractivity contribution is 7.13. The number of thiazole rings is 1. The maximum Gasteiger partial charge on any atom is 0.273 e. The SMILES string of the molecule is CNc1nc(C(=O)N2CCc3c(-c4ccccc4)nn(C)c3CC2)cs1. The summed E-state index contributed by atoms with van der Waals surface area (Å²) in [4.78, 5) is 19.1. The van der Waals surface area contributed by atoms with Crippen molar-refractivity contribution in [3.05, 3.63) is 52.7 Å². The molecule has 0 fully saturated rings. The Morgan fingerprint density at radius 3 is 2.69 bits per heavy atom. The molecule has 3 heterocycles. The van der Waals surface area contributed by atoms with E-state index >= 15 is 0 Å². The van der Waals surface area contributed by atoms with Gasteiger partial charge in [-0.05, 0) is 6.42 Å². The van der Waals surface area contributed by atoms with Crippen LogP contribution in [0, 0.1) is 0 Å². The molecule has 4 rings (SSSR count). The summed E-state index contributed by atoms with van der Waals surface area (Å²) >= 11 is 1.45. The highest BCUT2D eigenvalue weighted by Crippen LogP contribution is 2.28. The van der Waals surface area contributed by atoms with Crippen molar-refractivity contribution >= 4 is 22.4 Å². The van der Waals surface area contributed by atoms with Crippen LogP contribution >= 0.6 is 11.3 Å². The molecule has 0 saturated carbocycles. The van der Waals surface area contributed by atoms with E-state index in [0.29, 0.717) is 18.8 Å². The number of rotatable bonds is 3. The van der Waals surface area contributed by atoms with Gasteiger partial charge in [-0.2, -0.15) is 5.10 Å². The Morgan fingerprint density at radius 2 is 1.96 bits per heavy atom. The van der Waals surface area contributed by atoms with Gasteiger partial charge >= 0.3 is 0 Å². The van der Waals surface area contributed by atoms with E-state index in [4.69, 9.17) is 5.10 Å². The van der Waals surface area contributed by atoms with Gasteiger partial charge in [-0.15, -0.1) is 11.3 Å². The largest absolute Gasteiger partial charge is 0.365 e. The molecule has 1 amide bonds. The lowest BCUT2D eigenvalue weighted by Crippen LogP contribution is -2.33. The number of hydrogen-bond acceptors (Lipinski definition) is 5. The summed E-state index contributed by atoms with van der Waals surface area (Å²) in [6, 6.07) is 10.3. The van der Waals surface area contributed by atoms with E-state index in [0.717, 1.165) is 29.2 Å². The van der Waals surface area contributed by atoms with Crippen molar-refractivity contribution in [2.45, 2.75) is 12.8 Å². The van der Waals surface area contributed by atoms with Crippen molar-refractivity contribution in [2.24, 2.45) is 7.05 Å². The molecule has 26 heavy (non-hydrogen) atoms. The Hall–Kier alpha value is -2.67. The number of fused-ring (bicyclic) bond motifs is 1. The molecule has 0 saturated heterocycles. The molecule has 134 valence electrons. The Morgan fingerprint density at radius 1 is 1.19 bits per heavy atom. The van der Waals surface area contributed by atoms with E-state index < -0.39 is 0 Å². The monoisotopic (exact) mass is 367 g/mol. The van der Waals surface area contributed by atoms with Gasteiger partial charge in [0.25, 0.3) is 5.91 Å². The summed E-state index contributed by atoms with van der Waals surface area (Å²) in [6.07, 6.45) is 1.61. The molecule has 0 unspecified atom stereocenters. The number of nitrogens with one attached hydrogen (secondary N) is 1. The minimum absolute atomic E-state index is 0.00442. The van der Waals surface area contributed by atoms with Crippen LogP contribution in [0.5, 0.6) is 0 Å². The number of carbonyl (C=O) groups is 1. The minimum atomic E-state index is 0.00442. The Bertz CT molecular complexity index is 931. The molecule has 6 nitrogen and oxygen atoms in total. The van der Waals surface area contributed by atoms with Crippen LogP contribution in [0.4, 0.5) is 5.13 Å². The first-order valence-electron chi connectivity index (χ1n) is 8.70. The topological polar surface area (TPSA) is 63.1 Å². The maximum atomic E-state index is 12.8. The Kier molecular flexibility index (Phi) is 4.46. The Labute approximate surface area is 156 Å². The lowest BCUT2D eigenvalue weighted by atomic mass is 10.0. The number of carbonyl (C=O) groups excluding carboxylic acids is 1. The van der Waals surface area contributed by atoms with Crippen LogP contribution in [0.15, 0.2) is 35.7 Å². The Balaban J connectivity index is 1.59. The van der Waals surface area contributed by atoms with Crippen molar-refractivity contribution in [3.8, 4) is 11.3 Å². The lowest BCUT2D eigenvalue weighted by molar-refractivity contribution is 0.0757. The van der Waals surface area contributed by atoms with Crippen LogP contribution in [0.25, 0.3) is 11.3 Å². The molecule has 1 aliphatic heterocycles. The quantitative estimate of drug-likeness (QED) is 0.773. The van der Waals surface area contributed by atoms with Crippen LogP contribution in [0.2, 0.25) is 0 Å². The van der Waals surface area contributed by atoms with Gasteiger partial charge in [0.2, 0.25) is 0 Å². The van der Waals surface area contributed by atoms with Gasteiger partial charge in [0.1, 0.15) is 5.69 Å². The molecule has 0 aliphatic carbocycles. The van der Waals surface area contributed by atoms with Gasteiger partial charge in [-0.25, -0.2) is 4.98 Å². The average Bonchev–Trinajstić information content (AvgIpc) is 3.20. The predicted molar refractivity (Wildman–Crippen MR) is 104 cm³/mol. The van der Waals surface area contributed by atoms with Gasteiger partial charge < -0.3 is 10.2 Å². The van der Waals surface area contributed by atoms with Gasteiger partial charge in [-0.1, -0.05) is 30.3 Å². The van der Waals surface area contributed by atoms with Gasteiger partial charge in [0.05, 0.1) is 5.69 Å². The van der Waals surface area contributed by atoms with Crippen LogP contribution < -0.4 is 5.32 Å². The molecule has 1 aliphatic rings. The zero-order valence-corrected chi connectivity index (χ0v) is 15.7. The van der Waals surface area contributed by atoms with Gasteiger partial charge in [-0.3, -0.25) is 9.48 Å². The third kappa shape index (κ3) is 2.99. The van der Waals surface area contributed by atoms with Gasteiger partial charge in [0.15, 0.2) is 5.13 Å². The molecule has 7 heteroatoms. The second kappa shape index (κ2) is 6.92. The smallest absolute Gasteiger partial charge is 0.273 e. The van der Waals surface area contributed by atoms with Crippen molar-refractivity contribution in [1.29, 1.82) is 0 Å². The second-order valence-corrected chi connectivity index (χ2v) is 7.20. The van der Waals surface area contributed by atoms with Gasteiger partial charge in [0, 0.05) is 55.8 Å². The molecule has 1 N–H and O–H groups in total. The van der Waals surface area contributed by atoms with Crippen LogP contribution in [0.3, 0.4) is 0 Å². The lowest BCUT2D eigenvalue weighted by Gasteiger charge is -2.19. The fraction of sp³-hybridized carbons (Fsp3) is 0.316. The molecule has 0 radical (unpaired) electrons. The average molecular weight is 367 g/mol. The first-order chi connectivity index (χ1) is 12.7. The third-order valence-electron chi connectivity index (χ3n) is 4.80. The number of anilines is 1. The van der Waals surface area contributed by atoms with E-state index in [-0.39, 0.29) is 5.91 Å². The molecule has 2 aromatic heterocycles. The number of nitrogens with zero attached hydrogens (tertiary/aromatic N) is 4. The highest BCUT2D eigenvalue weighted by Gasteiger charge is 2.26. The van der Waals surface area contributed by atoms with Crippen LogP contribution in [0.1, 0.15) is 21.7 Å². The maximum absolute atomic E-state index is 12.8. The number of benzene rings is 1. The van der Waals surface area contributed by atoms with Crippen molar-refractivity contribution in [1.82, 2.24) is 19.7 Å². The minimum Gasteiger partial charge on any atom is -0.365 e. The van der Waals surface area contributed by atoms with Crippen LogP contribution in [-0.2, 0) is 19.9 Å². The highest BCUT2D eigenvalue weighted by atomic mass is 32.1. The summed E-state index contributed by atoms with van der Waals surface area (Å²) in [7, 11) is 3.80. The van der Waals surface area contributed by atoms with Crippen molar-refractivity contribution in [2.75, 3.05) is 25.5 Å². The van der Waals surface area contributed by atoms with Crippen molar-refractivity contribution in [3.63, 3.8) is 0 Å². The zero-order chi connectivity index (χ0) is 18.1. The standard InChI is InChI=1S/C19H21N5OS/c1-20-19-21-15(12-26-19)18(25)24-10-8-14-16(9-11-24)23(2)22-17(14)13-6-4-3-5-7-13/h3-7,12H,8-11H2,1-2H3,(H,20,21).